The molecule has 0 aliphatic carbocycles. The first-order chi connectivity index (χ1) is 15.7. The average Bonchev–Trinajstić information content (AvgIpc) is 3.09. The summed E-state index contributed by atoms with van der Waals surface area (Å²) in [6.45, 7) is 6.28. The number of amides is 1. The van der Waals surface area contributed by atoms with Gasteiger partial charge in [-0.2, -0.15) is 0 Å². The topological polar surface area (TPSA) is 82.2 Å². The van der Waals surface area contributed by atoms with Gasteiger partial charge in [0.2, 0.25) is 0 Å². The van der Waals surface area contributed by atoms with E-state index < -0.39 is 29.5 Å². The molecule has 0 saturated carbocycles. The molecule has 1 atom stereocenters. The van der Waals surface area contributed by atoms with Crippen LogP contribution in [0.3, 0.4) is 0 Å². The Morgan fingerprint density at radius 3 is 2.55 bits per heavy atom. The highest BCUT2D eigenvalue weighted by molar-refractivity contribution is 5.86. The SMILES string of the molecule is CC(c1cccc(N(CCN2CCN(C)CC2)C(=O)O)c1)n1c(=O)oc2cc(F)c(F)cc21. The van der Waals surface area contributed by atoms with Gasteiger partial charge in [0.25, 0.3) is 0 Å². The number of hydrogen-bond donors (Lipinski definition) is 1. The highest BCUT2D eigenvalue weighted by Crippen LogP contribution is 2.27. The van der Waals surface area contributed by atoms with E-state index in [0.29, 0.717) is 24.3 Å². The molecule has 1 fully saturated rings. The maximum Gasteiger partial charge on any atom is 0.420 e. The number of aromatic nitrogens is 1. The molecule has 4 rings (SSSR count). The zero-order valence-corrected chi connectivity index (χ0v) is 18.5. The molecule has 1 N–H and O–H groups in total. The van der Waals surface area contributed by atoms with Gasteiger partial charge < -0.3 is 14.4 Å². The lowest BCUT2D eigenvalue weighted by Crippen LogP contribution is -2.47. The van der Waals surface area contributed by atoms with Gasteiger partial charge >= 0.3 is 11.8 Å². The van der Waals surface area contributed by atoms with Crippen molar-refractivity contribution in [2.45, 2.75) is 13.0 Å². The fourth-order valence-corrected chi connectivity index (χ4v) is 4.15. The fourth-order valence-electron chi connectivity index (χ4n) is 4.15. The Hall–Kier alpha value is -3.24. The summed E-state index contributed by atoms with van der Waals surface area (Å²) >= 11 is 0. The van der Waals surface area contributed by atoms with Crippen molar-refractivity contribution in [1.82, 2.24) is 14.4 Å². The number of hydrogen-bond acceptors (Lipinski definition) is 5. The molecule has 1 aromatic heterocycles. The summed E-state index contributed by atoms with van der Waals surface area (Å²) < 4.78 is 33.7. The number of rotatable bonds is 6. The Balaban J connectivity index is 1.59. The molecular weight excluding hydrogens is 434 g/mol. The van der Waals surface area contributed by atoms with E-state index in [4.69, 9.17) is 4.42 Å². The molecule has 0 spiro atoms. The highest BCUT2D eigenvalue weighted by Gasteiger charge is 2.22. The van der Waals surface area contributed by atoms with Crippen LogP contribution < -0.4 is 10.7 Å². The van der Waals surface area contributed by atoms with Gasteiger partial charge in [-0.3, -0.25) is 14.4 Å². The monoisotopic (exact) mass is 460 g/mol. The van der Waals surface area contributed by atoms with Crippen LogP contribution in [0, 0.1) is 11.6 Å². The van der Waals surface area contributed by atoms with E-state index in [1.165, 1.54) is 9.47 Å². The summed E-state index contributed by atoms with van der Waals surface area (Å²) in [7, 11) is 2.06. The van der Waals surface area contributed by atoms with Gasteiger partial charge in [-0.25, -0.2) is 18.4 Å². The largest absolute Gasteiger partial charge is 0.465 e. The van der Waals surface area contributed by atoms with Crippen molar-refractivity contribution < 1.29 is 23.1 Å². The molecule has 8 nitrogen and oxygen atoms in total. The van der Waals surface area contributed by atoms with Crippen LogP contribution in [0.5, 0.6) is 0 Å². The van der Waals surface area contributed by atoms with Crippen LogP contribution >= 0.6 is 0 Å². The predicted octanol–water partition coefficient (Wildman–Crippen LogP) is 3.21. The smallest absolute Gasteiger partial charge is 0.420 e. The first-order valence-corrected chi connectivity index (χ1v) is 10.8. The number of halogens is 2. The average molecular weight is 460 g/mol. The second-order valence-corrected chi connectivity index (χ2v) is 8.32. The number of carbonyl (C=O) groups is 1. The predicted molar refractivity (Wildman–Crippen MR) is 120 cm³/mol. The van der Waals surface area contributed by atoms with Gasteiger partial charge in [-0.15, -0.1) is 0 Å². The first-order valence-electron chi connectivity index (χ1n) is 10.8. The molecule has 2 aromatic carbocycles. The van der Waals surface area contributed by atoms with Crippen molar-refractivity contribution in [2.24, 2.45) is 0 Å². The van der Waals surface area contributed by atoms with Gasteiger partial charge in [-0.05, 0) is 31.7 Å². The number of fused-ring (bicyclic) bond motifs is 1. The molecule has 1 aliphatic heterocycles. The third-order valence-electron chi connectivity index (χ3n) is 6.17. The lowest BCUT2D eigenvalue weighted by Gasteiger charge is -2.33. The van der Waals surface area contributed by atoms with Crippen molar-refractivity contribution in [1.29, 1.82) is 0 Å². The fraction of sp³-hybridized carbons (Fsp3) is 0.391. The Morgan fingerprint density at radius 1 is 1.15 bits per heavy atom. The molecule has 1 saturated heterocycles. The quantitative estimate of drug-likeness (QED) is 0.608. The lowest BCUT2D eigenvalue weighted by molar-refractivity contribution is 0.155. The first kappa shape index (κ1) is 22.9. The van der Waals surface area contributed by atoms with Crippen LogP contribution in [-0.2, 0) is 0 Å². The van der Waals surface area contributed by atoms with Gasteiger partial charge in [-0.1, -0.05) is 12.1 Å². The summed E-state index contributed by atoms with van der Waals surface area (Å²) in [5.41, 5.74) is 1.18. The second-order valence-electron chi connectivity index (χ2n) is 8.32. The molecule has 1 unspecified atom stereocenters. The molecule has 2 heterocycles. The molecule has 0 radical (unpaired) electrons. The minimum absolute atomic E-state index is 0.0544. The number of oxazole rings is 1. The molecule has 33 heavy (non-hydrogen) atoms. The molecular formula is C23H26F2N4O4. The van der Waals surface area contributed by atoms with Crippen LogP contribution in [0.25, 0.3) is 11.1 Å². The summed E-state index contributed by atoms with van der Waals surface area (Å²) in [5.74, 6) is -2.94. The van der Waals surface area contributed by atoms with Crippen LogP contribution in [0.15, 0.2) is 45.6 Å². The molecule has 1 amide bonds. The number of nitrogens with zero attached hydrogens (tertiary/aromatic N) is 4. The van der Waals surface area contributed by atoms with Crippen LogP contribution in [-0.4, -0.2) is 71.9 Å². The Labute approximate surface area is 189 Å². The number of benzene rings is 2. The highest BCUT2D eigenvalue weighted by atomic mass is 19.2. The van der Waals surface area contributed by atoms with Crippen molar-refractivity contribution in [3.63, 3.8) is 0 Å². The number of anilines is 1. The van der Waals surface area contributed by atoms with Gasteiger partial charge in [0.15, 0.2) is 17.2 Å². The Bertz CT molecular complexity index is 1220. The molecule has 1 aliphatic rings. The van der Waals surface area contributed by atoms with E-state index in [2.05, 4.69) is 16.8 Å². The second kappa shape index (κ2) is 9.32. The number of likely N-dealkylation sites (N-methyl/N-ethyl adjacent to an activating group) is 1. The van der Waals surface area contributed by atoms with Gasteiger partial charge in [0, 0.05) is 57.1 Å². The summed E-state index contributed by atoms with van der Waals surface area (Å²) in [6.07, 6.45) is -1.07. The van der Waals surface area contributed by atoms with E-state index in [1.54, 1.807) is 31.2 Å². The van der Waals surface area contributed by atoms with Crippen molar-refractivity contribution in [3.05, 3.63) is 64.1 Å². The van der Waals surface area contributed by atoms with Crippen LogP contribution in [0.4, 0.5) is 19.3 Å². The summed E-state index contributed by atoms with van der Waals surface area (Å²) in [4.78, 5) is 30.2. The number of piperazine rings is 1. The minimum Gasteiger partial charge on any atom is -0.465 e. The van der Waals surface area contributed by atoms with E-state index >= 15 is 0 Å². The van der Waals surface area contributed by atoms with Gasteiger partial charge in [0.05, 0.1) is 11.6 Å². The molecule has 10 heteroatoms. The third kappa shape index (κ3) is 4.76. The van der Waals surface area contributed by atoms with Crippen molar-refractivity contribution in [2.75, 3.05) is 51.2 Å². The lowest BCUT2D eigenvalue weighted by atomic mass is 10.1. The van der Waals surface area contributed by atoms with Crippen LogP contribution in [0.2, 0.25) is 0 Å². The third-order valence-corrected chi connectivity index (χ3v) is 6.17. The summed E-state index contributed by atoms with van der Waals surface area (Å²) in [6, 6.07) is 8.01. The molecule has 176 valence electrons. The van der Waals surface area contributed by atoms with E-state index in [-0.39, 0.29) is 11.1 Å². The Kier molecular flexibility index (Phi) is 6.48. The maximum absolute atomic E-state index is 13.8. The Morgan fingerprint density at radius 2 is 1.85 bits per heavy atom. The normalized spacial score (nSPS) is 16.2. The molecule has 3 aromatic rings. The maximum atomic E-state index is 13.8. The van der Waals surface area contributed by atoms with E-state index in [9.17, 15) is 23.5 Å². The molecule has 0 bridgehead atoms. The zero-order valence-electron chi connectivity index (χ0n) is 18.5. The van der Waals surface area contributed by atoms with Crippen molar-refractivity contribution >= 4 is 22.9 Å². The van der Waals surface area contributed by atoms with Gasteiger partial charge in [0.1, 0.15) is 0 Å². The van der Waals surface area contributed by atoms with Crippen LogP contribution in [0.1, 0.15) is 18.5 Å². The minimum atomic E-state index is -1.10. The zero-order chi connectivity index (χ0) is 23.7. The number of carboxylic acid groups (broad SMARTS) is 1. The van der Waals surface area contributed by atoms with E-state index in [1.807, 2.05) is 0 Å². The van der Waals surface area contributed by atoms with Crippen molar-refractivity contribution in [3.8, 4) is 0 Å². The summed E-state index contributed by atoms with van der Waals surface area (Å²) in [5, 5.41) is 9.81. The van der Waals surface area contributed by atoms with E-state index in [0.717, 1.165) is 38.3 Å². The standard InChI is InChI=1S/C23H26F2N4O4/c1-15(29-20-13-18(24)19(25)14-21(20)33-23(29)32)16-4-3-5-17(12-16)28(22(30)31)11-10-27-8-6-26(2)7-9-27/h3-5,12-15H,6-11H2,1-2H3,(H,30,31).